The Kier molecular flexibility index (Phi) is 4.40. The van der Waals surface area contributed by atoms with Crippen molar-refractivity contribution in [3.05, 3.63) is 94.8 Å². The lowest BCUT2D eigenvalue weighted by atomic mass is 10.2. The molecule has 27 heavy (non-hydrogen) atoms. The van der Waals surface area contributed by atoms with Crippen LogP contribution in [0.2, 0.25) is 0 Å². The molecule has 0 saturated carbocycles. The summed E-state index contributed by atoms with van der Waals surface area (Å²) < 4.78 is 6.41. The van der Waals surface area contributed by atoms with Gasteiger partial charge in [-0.25, -0.2) is 0 Å². The van der Waals surface area contributed by atoms with Crippen molar-refractivity contribution in [2.24, 2.45) is 0 Å². The van der Waals surface area contributed by atoms with Gasteiger partial charge in [-0.15, -0.1) is 0 Å². The highest BCUT2D eigenvalue weighted by Crippen LogP contribution is 2.21. The summed E-state index contributed by atoms with van der Waals surface area (Å²) in [6.45, 7) is 0.503. The molecule has 0 aliphatic heterocycles. The van der Waals surface area contributed by atoms with Crippen LogP contribution in [0.5, 0.6) is 0 Å². The minimum absolute atomic E-state index is 0.161. The van der Waals surface area contributed by atoms with Crippen molar-refractivity contribution in [1.29, 1.82) is 0 Å². The van der Waals surface area contributed by atoms with Gasteiger partial charge in [0.05, 0.1) is 11.8 Å². The van der Waals surface area contributed by atoms with Crippen molar-refractivity contribution in [2.45, 2.75) is 6.54 Å². The normalized spacial score (nSPS) is 10.7. The predicted octanol–water partition coefficient (Wildman–Crippen LogP) is 3.13. The van der Waals surface area contributed by atoms with Crippen LogP contribution in [-0.4, -0.2) is 20.7 Å². The van der Waals surface area contributed by atoms with E-state index in [1.807, 2.05) is 30.3 Å². The van der Waals surface area contributed by atoms with Crippen LogP contribution >= 0.6 is 0 Å². The van der Waals surface area contributed by atoms with Gasteiger partial charge in [-0.1, -0.05) is 30.3 Å². The number of hydrogen-bond acceptors (Lipinski definition) is 5. The third-order valence-corrected chi connectivity index (χ3v) is 4.04. The molecule has 0 bridgehead atoms. The van der Waals surface area contributed by atoms with E-state index in [-0.39, 0.29) is 11.3 Å². The summed E-state index contributed by atoms with van der Waals surface area (Å²) in [5, 5.41) is 7.54. The number of aromatic nitrogens is 3. The van der Waals surface area contributed by atoms with E-state index in [0.29, 0.717) is 23.6 Å². The number of furan rings is 1. The average Bonchev–Trinajstić information content (AvgIpc) is 3.37. The predicted molar refractivity (Wildman–Crippen MR) is 100 cm³/mol. The zero-order valence-electron chi connectivity index (χ0n) is 14.3. The number of aromatic amines is 1. The van der Waals surface area contributed by atoms with Crippen molar-refractivity contribution in [3.63, 3.8) is 0 Å². The second-order valence-corrected chi connectivity index (χ2v) is 5.86. The van der Waals surface area contributed by atoms with Crippen LogP contribution in [0.25, 0.3) is 11.3 Å². The van der Waals surface area contributed by atoms with Gasteiger partial charge in [0.2, 0.25) is 0 Å². The molecule has 134 valence electrons. The third kappa shape index (κ3) is 3.43. The monoisotopic (exact) mass is 360 g/mol. The van der Waals surface area contributed by atoms with Gasteiger partial charge in [0.25, 0.3) is 5.56 Å². The van der Waals surface area contributed by atoms with E-state index >= 15 is 0 Å². The van der Waals surface area contributed by atoms with Crippen LogP contribution in [-0.2, 0) is 6.54 Å². The molecule has 0 radical (unpaired) electrons. The van der Waals surface area contributed by atoms with Crippen LogP contribution in [0.4, 0.5) is 5.82 Å². The summed E-state index contributed by atoms with van der Waals surface area (Å²) in [4.78, 5) is 27.5. The highest BCUT2D eigenvalue weighted by molar-refractivity contribution is 5.95. The molecule has 7 heteroatoms. The van der Waals surface area contributed by atoms with Gasteiger partial charge >= 0.3 is 5.91 Å². The van der Waals surface area contributed by atoms with Crippen LogP contribution < -0.4 is 10.9 Å². The van der Waals surface area contributed by atoms with Gasteiger partial charge in [-0.05, 0) is 29.8 Å². The Morgan fingerprint density at radius 2 is 1.96 bits per heavy atom. The third-order valence-electron chi connectivity index (χ3n) is 4.04. The fraction of sp³-hybridized carbons (Fsp3) is 0.0500. The van der Waals surface area contributed by atoms with Gasteiger partial charge in [-0.2, -0.15) is 9.78 Å². The number of nitrogens with zero attached hydrogens (tertiary/aromatic N) is 2. The summed E-state index contributed by atoms with van der Waals surface area (Å²) in [6.07, 6.45) is 2.97. The van der Waals surface area contributed by atoms with Crippen molar-refractivity contribution < 1.29 is 9.21 Å². The quantitative estimate of drug-likeness (QED) is 0.570. The summed E-state index contributed by atoms with van der Waals surface area (Å²) in [6, 6.07) is 18.0. The minimum atomic E-state index is -0.422. The van der Waals surface area contributed by atoms with Crippen LogP contribution in [0.15, 0.2) is 82.3 Å². The molecule has 4 rings (SSSR count). The molecule has 3 heterocycles. The number of nitrogens with one attached hydrogen (secondary N) is 2. The van der Waals surface area contributed by atoms with Crippen molar-refractivity contribution in [2.75, 3.05) is 5.32 Å². The molecule has 0 aliphatic carbocycles. The van der Waals surface area contributed by atoms with E-state index in [2.05, 4.69) is 15.4 Å². The number of carbonyl (C=O) groups is 1. The van der Waals surface area contributed by atoms with Crippen LogP contribution in [0.1, 0.15) is 16.1 Å². The Bertz CT molecular complexity index is 1110. The molecule has 0 unspecified atom stereocenters. The molecular weight excluding hydrogens is 344 g/mol. The average molecular weight is 360 g/mol. The van der Waals surface area contributed by atoms with Crippen molar-refractivity contribution in [3.8, 4) is 11.3 Å². The Morgan fingerprint density at radius 1 is 1.11 bits per heavy atom. The summed E-state index contributed by atoms with van der Waals surface area (Å²) in [5.41, 5.74) is 1.55. The van der Waals surface area contributed by atoms with Gasteiger partial charge in [0, 0.05) is 18.8 Å². The fourth-order valence-corrected chi connectivity index (χ4v) is 2.71. The molecule has 7 nitrogen and oxygen atoms in total. The second kappa shape index (κ2) is 7.17. The summed E-state index contributed by atoms with van der Waals surface area (Å²) in [7, 11) is 0. The molecule has 4 aromatic rings. The van der Waals surface area contributed by atoms with E-state index in [9.17, 15) is 9.59 Å². The molecule has 3 aromatic heterocycles. The lowest BCUT2D eigenvalue weighted by Gasteiger charge is -2.07. The first-order chi connectivity index (χ1) is 13.2. The molecule has 0 spiro atoms. The number of hydrogen-bond donors (Lipinski definition) is 2. The van der Waals surface area contributed by atoms with Gasteiger partial charge in [0.15, 0.2) is 5.76 Å². The van der Waals surface area contributed by atoms with Crippen LogP contribution in [0, 0.1) is 0 Å². The Balaban J connectivity index is 1.72. The topological polar surface area (TPSA) is 92.9 Å². The second-order valence-electron chi connectivity index (χ2n) is 5.86. The minimum Gasteiger partial charge on any atom is -0.459 e. The number of rotatable bonds is 5. The van der Waals surface area contributed by atoms with E-state index in [4.69, 9.17) is 4.42 Å². The molecule has 1 aromatic carbocycles. The summed E-state index contributed by atoms with van der Waals surface area (Å²) in [5.74, 6) is 0.210. The first-order valence-corrected chi connectivity index (χ1v) is 8.36. The molecule has 0 fully saturated rings. The lowest BCUT2D eigenvalue weighted by molar-refractivity contribution is 0.0920. The molecule has 2 N–H and O–H groups in total. The Hall–Kier alpha value is -3.87. The molecule has 0 atom stereocenters. The number of carbonyl (C=O) groups excluding carboxylic acids is 1. The van der Waals surface area contributed by atoms with E-state index in [1.165, 1.54) is 10.9 Å². The molecule has 0 amide bonds. The van der Waals surface area contributed by atoms with Gasteiger partial charge < -0.3 is 14.7 Å². The SMILES string of the molecule is O=C(c1ccco1)n1nc(-c2ccc[nH]c2=O)cc1NCc1ccccc1. The fourth-order valence-electron chi connectivity index (χ4n) is 2.71. The summed E-state index contributed by atoms with van der Waals surface area (Å²) >= 11 is 0. The first kappa shape index (κ1) is 16.6. The van der Waals surface area contributed by atoms with E-state index in [0.717, 1.165) is 5.56 Å². The number of pyridine rings is 1. The zero-order chi connectivity index (χ0) is 18.6. The van der Waals surface area contributed by atoms with Gasteiger partial charge in [-0.3, -0.25) is 9.59 Å². The highest BCUT2D eigenvalue weighted by atomic mass is 16.3. The maximum Gasteiger partial charge on any atom is 0.315 e. The molecular formula is C20H16N4O3. The van der Waals surface area contributed by atoms with Crippen molar-refractivity contribution in [1.82, 2.24) is 14.8 Å². The van der Waals surface area contributed by atoms with E-state index < -0.39 is 5.91 Å². The number of benzene rings is 1. The number of H-pyrrole nitrogens is 1. The van der Waals surface area contributed by atoms with Crippen LogP contribution in [0.3, 0.4) is 0 Å². The van der Waals surface area contributed by atoms with Gasteiger partial charge in [0.1, 0.15) is 11.5 Å². The maximum absolute atomic E-state index is 12.7. The largest absolute Gasteiger partial charge is 0.459 e. The smallest absolute Gasteiger partial charge is 0.315 e. The Morgan fingerprint density at radius 3 is 2.70 bits per heavy atom. The highest BCUT2D eigenvalue weighted by Gasteiger charge is 2.20. The molecule has 0 aliphatic rings. The zero-order valence-corrected chi connectivity index (χ0v) is 14.3. The Labute approximate surface area is 154 Å². The maximum atomic E-state index is 12.7. The standard InChI is InChI=1S/C20H16N4O3/c25-19-15(8-4-10-21-19)16-12-18(22-13-14-6-2-1-3-7-14)24(23-16)20(26)17-9-5-11-27-17/h1-12,22H,13H2,(H,21,25). The lowest BCUT2D eigenvalue weighted by Crippen LogP contribution is -2.17. The van der Waals surface area contributed by atoms with Crippen molar-refractivity contribution >= 4 is 11.7 Å². The van der Waals surface area contributed by atoms with E-state index in [1.54, 1.807) is 36.5 Å². The first-order valence-electron chi connectivity index (χ1n) is 8.36. The molecule has 0 saturated heterocycles. The number of anilines is 1.